The fourth-order valence-electron chi connectivity index (χ4n) is 1.30. The van der Waals surface area contributed by atoms with Gasteiger partial charge in [0, 0.05) is 22.0 Å². The quantitative estimate of drug-likeness (QED) is 0.595. The van der Waals surface area contributed by atoms with Gasteiger partial charge in [-0.05, 0) is 18.2 Å². The van der Waals surface area contributed by atoms with Crippen LogP contribution < -0.4 is 5.56 Å². The fourth-order valence-corrected chi connectivity index (χ4v) is 1.48. The lowest BCUT2D eigenvalue weighted by Crippen LogP contribution is -2.10. The molecule has 0 saturated carbocycles. The number of nitrogens with zero attached hydrogens (tertiary/aromatic N) is 1. The Morgan fingerprint density at radius 3 is 2.73 bits per heavy atom. The second-order valence-electron chi connectivity index (χ2n) is 2.97. The first-order chi connectivity index (χ1) is 7.08. The van der Waals surface area contributed by atoms with Crippen LogP contribution in [-0.2, 0) is 0 Å². The van der Waals surface area contributed by atoms with E-state index in [1.54, 1.807) is 18.2 Å². The molecule has 0 radical (unpaired) electrons. The highest BCUT2D eigenvalue weighted by Gasteiger charge is 2.12. The second-order valence-corrected chi connectivity index (χ2v) is 3.41. The largest absolute Gasteiger partial charge is 0.334 e. The van der Waals surface area contributed by atoms with Crippen LogP contribution >= 0.6 is 11.6 Å². The number of benzene rings is 1. The summed E-state index contributed by atoms with van der Waals surface area (Å²) >= 11 is 5.73. The minimum absolute atomic E-state index is 0.462. The fraction of sp³-hybridized carbons (Fsp3) is 0. The molecule has 0 unspecified atom stereocenters. The number of hydrogen-bond donors (Lipinski definition) is 1. The number of halogens is 1. The Balaban J connectivity index is 2.83. The summed E-state index contributed by atoms with van der Waals surface area (Å²) in [6.07, 6.45) is 0. The zero-order chi connectivity index (χ0) is 11.0. The lowest BCUT2D eigenvalue weighted by atomic mass is 10.2. The first kappa shape index (κ1) is 9.67. The van der Waals surface area contributed by atoms with E-state index in [2.05, 4.69) is 4.98 Å². The molecule has 0 amide bonds. The van der Waals surface area contributed by atoms with Gasteiger partial charge in [0.25, 0.3) is 0 Å². The Bertz CT molecular complexity index is 606. The number of rotatable bonds is 1. The zero-order valence-corrected chi connectivity index (χ0v) is 8.12. The molecule has 0 aliphatic heterocycles. The van der Waals surface area contributed by atoms with Crippen molar-refractivity contribution in [2.75, 3.05) is 0 Å². The molecule has 0 bridgehead atoms. The zero-order valence-electron chi connectivity index (χ0n) is 7.36. The molecule has 0 saturated heterocycles. The number of H-pyrrole nitrogens is 1. The highest BCUT2D eigenvalue weighted by molar-refractivity contribution is 6.31. The van der Waals surface area contributed by atoms with Crippen molar-refractivity contribution >= 4 is 28.2 Å². The molecular weight excluding hydrogens is 220 g/mol. The Kier molecular flexibility index (Phi) is 2.17. The van der Waals surface area contributed by atoms with Gasteiger partial charge in [-0.15, -0.1) is 0 Å². The van der Waals surface area contributed by atoms with E-state index in [4.69, 9.17) is 11.6 Å². The summed E-state index contributed by atoms with van der Waals surface area (Å²) in [4.78, 5) is 23.4. The number of hydrogen-bond acceptors (Lipinski definition) is 3. The van der Waals surface area contributed by atoms with E-state index in [0.29, 0.717) is 15.9 Å². The van der Waals surface area contributed by atoms with Gasteiger partial charge in [0.15, 0.2) is 0 Å². The Hall–Kier alpha value is -1.88. The molecular formula is C9H5ClN2O3. The number of aromatic nitrogens is 1. The SMILES string of the molecule is O=c1[nH]c2ccc(Cl)cc2cc1[N+](=O)[O-]. The van der Waals surface area contributed by atoms with Gasteiger partial charge in [0.05, 0.1) is 4.92 Å². The van der Waals surface area contributed by atoms with Gasteiger partial charge in [-0.1, -0.05) is 11.6 Å². The van der Waals surface area contributed by atoms with Crippen molar-refractivity contribution in [2.24, 2.45) is 0 Å². The number of aromatic amines is 1. The predicted octanol–water partition coefficient (Wildman–Crippen LogP) is 2.09. The van der Waals surface area contributed by atoms with Gasteiger partial charge < -0.3 is 4.98 Å². The summed E-state index contributed by atoms with van der Waals surface area (Å²) < 4.78 is 0. The van der Waals surface area contributed by atoms with Crippen LogP contribution in [0.1, 0.15) is 0 Å². The van der Waals surface area contributed by atoms with Crippen LogP contribution in [0.25, 0.3) is 10.9 Å². The van der Waals surface area contributed by atoms with Gasteiger partial charge in [0.2, 0.25) is 0 Å². The molecule has 6 heteroatoms. The molecule has 2 aromatic rings. The van der Waals surface area contributed by atoms with Crippen LogP contribution in [0, 0.1) is 10.1 Å². The Morgan fingerprint density at radius 1 is 1.33 bits per heavy atom. The molecule has 0 fully saturated rings. The van der Waals surface area contributed by atoms with E-state index in [0.717, 1.165) is 0 Å². The molecule has 0 aliphatic rings. The monoisotopic (exact) mass is 224 g/mol. The maximum Gasteiger partial charge on any atom is 0.334 e. The second kappa shape index (κ2) is 3.36. The van der Waals surface area contributed by atoms with Crippen molar-refractivity contribution in [3.8, 4) is 0 Å². The first-order valence-electron chi connectivity index (χ1n) is 4.05. The molecule has 0 aliphatic carbocycles. The van der Waals surface area contributed by atoms with Crippen molar-refractivity contribution in [1.29, 1.82) is 0 Å². The van der Waals surface area contributed by atoms with E-state index < -0.39 is 16.2 Å². The summed E-state index contributed by atoms with van der Waals surface area (Å²) in [7, 11) is 0. The molecule has 1 N–H and O–H groups in total. The summed E-state index contributed by atoms with van der Waals surface area (Å²) in [6, 6.07) is 5.97. The van der Waals surface area contributed by atoms with Crippen molar-refractivity contribution in [2.45, 2.75) is 0 Å². The van der Waals surface area contributed by atoms with Crippen molar-refractivity contribution in [3.63, 3.8) is 0 Å². The average molecular weight is 225 g/mol. The normalized spacial score (nSPS) is 10.5. The van der Waals surface area contributed by atoms with Gasteiger partial charge in [-0.3, -0.25) is 14.9 Å². The number of nitro groups is 1. The lowest BCUT2D eigenvalue weighted by Gasteiger charge is -1.97. The average Bonchev–Trinajstić information content (AvgIpc) is 2.17. The first-order valence-corrected chi connectivity index (χ1v) is 4.43. The van der Waals surface area contributed by atoms with E-state index in [-0.39, 0.29) is 0 Å². The smallest absolute Gasteiger partial charge is 0.316 e. The summed E-state index contributed by atoms with van der Waals surface area (Å²) in [6.45, 7) is 0. The van der Waals surface area contributed by atoms with Crippen LogP contribution in [0.3, 0.4) is 0 Å². The highest BCUT2D eigenvalue weighted by Crippen LogP contribution is 2.19. The molecule has 1 aromatic heterocycles. The number of nitrogens with one attached hydrogen (secondary N) is 1. The standard InChI is InChI=1S/C9H5ClN2O3/c10-6-1-2-7-5(3-6)4-8(12(14)15)9(13)11-7/h1-4H,(H,11,13). The Morgan fingerprint density at radius 2 is 2.07 bits per heavy atom. The number of fused-ring (bicyclic) bond motifs is 1. The molecule has 0 spiro atoms. The van der Waals surface area contributed by atoms with Crippen molar-refractivity contribution in [3.05, 3.63) is 49.8 Å². The third kappa shape index (κ3) is 1.69. The third-order valence-electron chi connectivity index (χ3n) is 1.98. The van der Waals surface area contributed by atoms with E-state index in [1.165, 1.54) is 6.07 Å². The Labute approximate surface area is 88.5 Å². The van der Waals surface area contributed by atoms with Crippen LogP contribution in [-0.4, -0.2) is 9.91 Å². The van der Waals surface area contributed by atoms with Crippen molar-refractivity contribution < 1.29 is 4.92 Å². The highest BCUT2D eigenvalue weighted by atomic mass is 35.5. The topological polar surface area (TPSA) is 76.0 Å². The summed E-state index contributed by atoms with van der Waals surface area (Å²) in [5.74, 6) is 0. The van der Waals surface area contributed by atoms with Crippen molar-refractivity contribution in [1.82, 2.24) is 4.98 Å². The van der Waals surface area contributed by atoms with Crippen LogP contribution in [0.4, 0.5) is 5.69 Å². The van der Waals surface area contributed by atoms with E-state index in [9.17, 15) is 14.9 Å². The molecule has 76 valence electrons. The van der Waals surface area contributed by atoms with Gasteiger partial charge >= 0.3 is 11.2 Å². The minimum atomic E-state index is -0.723. The predicted molar refractivity (Wildman–Crippen MR) is 56.2 cm³/mol. The van der Waals surface area contributed by atoms with Crippen LogP contribution in [0.15, 0.2) is 29.1 Å². The molecule has 2 rings (SSSR count). The van der Waals surface area contributed by atoms with Crippen LogP contribution in [0.2, 0.25) is 5.02 Å². The summed E-state index contributed by atoms with van der Waals surface area (Å²) in [5, 5.41) is 11.5. The third-order valence-corrected chi connectivity index (χ3v) is 2.22. The lowest BCUT2D eigenvalue weighted by molar-refractivity contribution is -0.386. The molecule has 1 heterocycles. The molecule has 5 nitrogen and oxygen atoms in total. The van der Waals surface area contributed by atoms with E-state index in [1.807, 2.05) is 0 Å². The molecule has 15 heavy (non-hydrogen) atoms. The van der Waals surface area contributed by atoms with Gasteiger partial charge in [-0.2, -0.15) is 0 Å². The number of pyridine rings is 1. The van der Waals surface area contributed by atoms with Gasteiger partial charge in [-0.25, -0.2) is 0 Å². The minimum Gasteiger partial charge on any atom is -0.316 e. The van der Waals surface area contributed by atoms with Crippen LogP contribution in [0.5, 0.6) is 0 Å². The molecule has 1 aromatic carbocycles. The summed E-state index contributed by atoms with van der Waals surface area (Å²) in [5.41, 5.74) is -0.672. The molecule has 0 atom stereocenters. The maximum absolute atomic E-state index is 11.2. The maximum atomic E-state index is 11.2. The van der Waals surface area contributed by atoms with Gasteiger partial charge in [0.1, 0.15) is 0 Å². The van der Waals surface area contributed by atoms with E-state index >= 15 is 0 Å².